The van der Waals surface area contributed by atoms with Crippen LogP contribution in [0.2, 0.25) is 0 Å². The Hall–Kier alpha value is -1.07. The largest absolute Gasteiger partial charge is 0.415 e. The van der Waals surface area contributed by atoms with E-state index in [1.807, 2.05) is 30.3 Å². The van der Waals surface area contributed by atoms with Crippen molar-refractivity contribution in [3.8, 4) is 0 Å². The van der Waals surface area contributed by atoms with Crippen LogP contribution in [0.5, 0.6) is 0 Å². The average Bonchev–Trinajstić information content (AvgIpc) is 2.26. The highest BCUT2D eigenvalue weighted by molar-refractivity contribution is 5.22. The van der Waals surface area contributed by atoms with Crippen molar-refractivity contribution in [3.63, 3.8) is 0 Å². The Labute approximate surface area is 104 Å². The third-order valence-corrected chi connectivity index (χ3v) is 3.39. The van der Waals surface area contributed by atoms with E-state index in [1.165, 1.54) is 5.56 Å². The molecule has 2 rings (SSSR count). The predicted octanol–water partition coefficient (Wildman–Crippen LogP) is 2.45. The summed E-state index contributed by atoms with van der Waals surface area (Å²) in [5.74, 6) is 0.423. The molecule has 0 bridgehead atoms. The van der Waals surface area contributed by atoms with Crippen LogP contribution >= 0.6 is 0 Å². The van der Waals surface area contributed by atoms with E-state index < -0.39 is 18.8 Å². The highest BCUT2D eigenvalue weighted by Crippen LogP contribution is 2.36. The molecule has 0 spiro atoms. The van der Waals surface area contributed by atoms with E-state index in [-0.39, 0.29) is 6.04 Å². The Morgan fingerprint density at radius 1 is 1.22 bits per heavy atom. The molecule has 1 aliphatic carbocycles. The summed E-state index contributed by atoms with van der Waals surface area (Å²) in [4.78, 5) is 0. The molecule has 0 saturated heterocycles. The van der Waals surface area contributed by atoms with Crippen LogP contribution in [0.15, 0.2) is 30.3 Å². The first-order valence-corrected chi connectivity index (χ1v) is 6.00. The SMILES string of the molecule is OC(CNC1CC(c2ccccc2)C1)C(F)(F)F. The Morgan fingerprint density at radius 3 is 2.39 bits per heavy atom. The van der Waals surface area contributed by atoms with Gasteiger partial charge in [0.15, 0.2) is 6.10 Å². The normalized spacial score (nSPS) is 25.6. The molecule has 1 unspecified atom stereocenters. The minimum Gasteiger partial charge on any atom is -0.382 e. The van der Waals surface area contributed by atoms with Crippen LogP contribution in [0, 0.1) is 0 Å². The number of hydrogen-bond donors (Lipinski definition) is 2. The van der Waals surface area contributed by atoms with Gasteiger partial charge in [-0.15, -0.1) is 0 Å². The van der Waals surface area contributed by atoms with Gasteiger partial charge in [0.1, 0.15) is 0 Å². The average molecular weight is 259 g/mol. The summed E-state index contributed by atoms with van der Waals surface area (Å²) in [6, 6.07) is 10.0. The maximum atomic E-state index is 12.1. The molecule has 0 aromatic heterocycles. The van der Waals surface area contributed by atoms with Gasteiger partial charge >= 0.3 is 6.18 Å². The first-order chi connectivity index (χ1) is 8.47. The Bertz CT molecular complexity index is 374. The third-order valence-electron chi connectivity index (χ3n) is 3.39. The summed E-state index contributed by atoms with van der Waals surface area (Å²) >= 11 is 0. The highest BCUT2D eigenvalue weighted by atomic mass is 19.4. The number of alkyl halides is 3. The lowest BCUT2D eigenvalue weighted by Crippen LogP contribution is -2.46. The summed E-state index contributed by atoms with van der Waals surface area (Å²) in [5, 5.41) is 11.6. The minimum atomic E-state index is -4.53. The monoisotopic (exact) mass is 259 g/mol. The van der Waals surface area contributed by atoms with Crippen molar-refractivity contribution >= 4 is 0 Å². The Morgan fingerprint density at radius 2 is 1.83 bits per heavy atom. The van der Waals surface area contributed by atoms with E-state index in [9.17, 15) is 13.2 Å². The Balaban J connectivity index is 1.71. The number of aliphatic hydroxyl groups excluding tert-OH is 1. The molecule has 1 aromatic rings. The lowest BCUT2D eigenvalue weighted by molar-refractivity contribution is -0.202. The molecule has 1 atom stereocenters. The minimum absolute atomic E-state index is 0.0761. The Kier molecular flexibility index (Phi) is 3.92. The molecule has 2 N–H and O–H groups in total. The summed E-state index contributed by atoms with van der Waals surface area (Å²) in [7, 11) is 0. The van der Waals surface area contributed by atoms with Crippen LogP contribution in [0.1, 0.15) is 24.3 Å². The van der Waals surface area contributed by atoms with E-state index in [4.69, 9.17) is 5.11 Å². The molecule has 1 aromatic carbocycles. The van der Waals surface area contributed by atoms with Crippen LogP contribution in [0.3, 0.4) is 0 Å². The highest BCUT2D eigenvalue weighted by Gasteiger charge is 2.39. The first kappa shape index (κ1) is 13.4. The fraction of sp³-hybridized carbons (Fsp3) is 0.538. The van der Waals surface area contributed by atoms with Gasteiger partial charge in [-0.2, -0.15) is 13.2 Å². The van der Waals surface area contributed by atoms with E-state index >= 15 is 0 Å². The van der Waals surface area contributed by atoms with Crippen LogP contribution < -0.4 is 5.32 Å². The van der Waals surface area contributed by atoms with Gasteiger partial charge in [0.2, 0.25) is 0 Å². The molecule has 1 fully saturated rings. The van der Waals surface area contributed by atoms with Crippen molar-refractivity contribution in [2.75, 3.05) is 6.54 Å². The molecular formula is C13H16F3NO. The quantitative estimate of drug-likeness (QED) is 0.870. The number of aliphatic hydroxyl groups is 1. The molecule has 1 aliphatic rings. The number of benzene rings is 1. The lowest BCUT2D eigenvalue weighted by Gasteiger charge is -2.37. The zero-order valence-corrected chi connectivity index (χ0v) is 9.82. The number of rotatable bonds is 4. The topological polar surface area (TPSA) is 32.3 Å². The molecule has 2 nitrogen and oxygen atoms in total. The predicted molar refractivity (Wildman–Crippen MR) is 62.3 cm³/mol. The van der Waals surface area contributed by atoms with Gasteiger partial charge in [-0.05, 0) is 24.3 Å². The smallest absolute Gasteiger partial charge is 0.382 e. The second kappa shape index (κ2) is 5.28. The molecule has 18 heavy (non-hydrogen) atoms. The fourth-order valence-corrected chi connectivity index (χ4v) is 2.18. The van der Waals surface area contributed by atoms with Crippen LogP contribution in [0.25, 0.3) is 0 Å². The molecule has 1 saturated carbocycles. The van der Waals surface area contributed by atoms with Crippen molar-refractivity contribution in [3.05, 3.63) is 35.9 Å². The molecule has 0 amide bonds. The zero-order chi connectivity index (χ0) is 13.2. The van der Waals surface area contributed by atoms with Crippen LogP contribution in [0.4, 0.5) is 13.2 Å². The maximum Gasteiger partial charge on any atom is 0.415 e. The standard InChI is InChI=1S/C13H16F3NO/c14-13(15,16)12(18)8-17-11-6-10(7-11)9-4-2-1-3-5-9/h1-5,10-12,17-18H,6-8H2. The van der Waals surface area contributed by atoms with Crippen molar-refractivity contribution < 1.29 is 18.3 Å². The van der Waals surface area contributed by atoms with Gasteiger partial charge in [0.05, 0.1) is 0 Å². The first-order valence-electron chi connectivity index (χ1n) is 6.00. The van der Waals surface area contributed by atoms with E-state index in [0.717, 1.165) is 12.8 Å². The van der Waals surface area contributed by atoms with Crippen LogP contribution in [-0.4, -0.2) is 30.0 Å². The number of hydrogen-bond acceptors (Lipinski definition) is 2. The summed E-state index contributed by atoms with van der Waals surface area (Å²) in [6.45, 7) is -0.421. The fourth-order valence-electron chi connectivity index (χ4n) is 2.18. The molecular weight excluding hydrogens is 243 g/mol. The molecule has 0 heterocycles. The molecule has 100 valence electrons. The van der Waals surface area contributed by atoms with Gasteiger partial charge in [0, 0.05) is 12.6 Å². The number of nitrogens with one attached hydrogen (secondary N) is 1. The molecule has 0 aliphatic heterocycles. The summed E-state index contributed by atoms with van der Waals surface area (Å²) < 4.78 is 36.2. The second-order valence-corrected chi connectivity index (χ2v) is 4.74. The van der Waals surface area contributed by atoms with E-state index in [0.29, 0.717) is 5.92 Å². The van der Waals surface area contributed by atoms with Gasteiger partial charge < -0.3 is 10.4 Å². The van der Waals surface area contributed by atoms with Crippen molar-refractivity contribution in [2.24, 2.45) is 0 Å². The lowest BCUT2D eigenvalue weighted by atomic mass is 9.76. The van der Waals surface area contributed by atoms with Gasteiger partial charge in [-0.1, -0.05) is 30.3 Å². The van der Waals surface area contributed by atoms with E-state index in [1.54, 1.807) is 0 Å². The zero-order valence-electron chi connectivity index (χ0n) is 9.82. The van der Waals surface area contributed by atoms with E-state index in [2.05, 4.69) is 5.32 Å². The molecule has 0 radical (unpaired) electrons. The third kappa shape index (κ3) is 3.23. The van der Waals surface area contributed by atoms with Crippen LogP contribution in [-0.2, 0) is 0 Å². The van der Waals surface area contributed by atoms with Gasteiger partial charge in [-0.25, -0.2) is 0 Å². The van der Waals surface area contributed by atoms with Gasteiger partial charge in [0.25, 0.3) is 0 Å². The summed E-state index contributed by atoms with van der Waals surface area (Å²) in [5.41, 5.74) is 1.23. The summed E-state index contributed by atoms with van der Waals surface area (Å²) in [6.07, 6.45) is -5.15. The van der Waals surface area contributed by atoms with Crippen molar-refractivity contribution in [1.82, 2.24) is 5.32 Å². The second-order valence-electron chi connectivity index (χ2n) is 4.74. The number of halogens is 3. The van der Waals surface area contributed by atoms with Crippen molar-refractivity contribution in [2.45, 2.75) is 37.1 Å². The van der Waals surface area contributed by atoms with Gasteiger partial charge in [-0.3, -0.25) is 0 Å². The molecule has 5 heteroatoms. The maximum absolute atomic E-state index is 12.1. The van der Waals surface area contributed by atoms with Crippen molar-refractivity contribution in [1.29, 1.82) is 0 Å².